The van der Waals surface area contributed by atoms with E-state index in [-0.39, 0.29) is 11.7 Å². The first-order valence-electron chi connectivity index (χ1n) is 10.5. The van der Waals surface area contributed by atoms with Crippen molar-refractivity contribution in [1.29, 1.82) is 0 Å². The van der Waals surface area contributed by atoms with Crippen molar-refractivity contribution < 1.29 is 23.2 Å². The summed E-state index contributed by atoms with van der Waals surface area (Å²) in [6.45, 7) is 4.98. The molecule has 1 saturated heterocycles. The Morgan fingerprint density at radius 2 is 1.74 bits per heavy atom. The molecular weight excluding hydrogens is 395 g/mol. The van der Waals surface area contributed by atoms with E-state index < -0.39 is 0 Å². The van der Waals surface area contributed by atoms with Crippen molar-refractivity contribution in [3.8, 4) is 11.3 Å². The second-order valence-corrected chi connectivity index (χ2v) is 7.54. The molecule has 3 aromatic rings. The summed E-state index contributed by atoms with van der Waals surface area (Å²) in [5, 5.41) is 2.93. The summed E-state index contributed by atoms with van der Waals surface area (Å²) in [7, 11) is 0. The zero-order chi connectivity index (χ0) is 21.5. The minimum Gasteiger partial charge on any atom is -0.457 e. The van der Waals surface area contributed by atoms with E-state index in [2.05, 4.69) is 11.4 Å². The minimum atomic E-state index is -0.345. The number of amides is 1. The number of ether oxygens (including phenoxy) is 1. The van der Waals surface area contributed by atoms with Crippen molar-refractivity contribution in [3.05, 3.63) is 89.4 Å². The van der Waals surface area contributed by atoms with E-state index in [0.29, 0.717) is 23.6 Å². The summed E-state index contributed by atoms with van der Waals surface area (Å²) < 4.78 is 25.0. The van der Waals surface area contributed by atoms with Crippen LogP contribution in [-0.4, -0.2) is 32.2 Å². The van der Waals surface area contributed by atoms with Crippen molar-refractivity contribution in [2.24, 2.45) is 0 Å². The Hall–Kier alpha value is -3.22. The largest absolute Gasteiger partial charge is 0.457 e. The molecule has 1 amide bonds. The standard InChI is InChI=1S/C25H25FN2O3/c26-23-8-4-3-7-22(23)24-11-9-21(31-24)10-12-25(29)27-17-19-5-1-2-6-20(19)18-28-13-15-30-16-14-28/h1-12H,13-18H2,(H,27,29)/p+1/b12-10+. The molecule has 0 aliphatic carbocycles. The van der Waals surface area contributed by atoms with Crippen molar-refractivity contribution in [2.45, 2.75) is 13.1 Å². The maximum absolute atomic E-state index is 13.9. The molecule has 2 N–H and O–H groups in total. The normalized spacial score (nSPS) is 14.7. The molecule has 0 radical (unpaired) electrons. The summed E-state index contributed by atoms with van der Waals surface area (Å²) >= 11 is 0. The molecule has 5 nitrogen and oxygen atoms in total. The molecule has 0 atom stereocenters. The molecule has 0 bridgehead atoms. The van der Waals surface area contributed by atoms with Gasteiger partial charge in [-0.25, -0.2) is 4.39 Å². The predicted molar refractivity (Wildman–Crippen MR) is 117 cm³/mol. The second-order valence-electron chi connectivity index (χ2n) is 7.54. The number of halogens is 1. The molecule has 4 rings (SSSR count). The number of hydrogen-bond acceptors (Lipinski definition) is 3. The monoisotopic (exact) mass is 421 g/mol. The molecule has 0 saturated carbocycles. The number of nitrogens with one attached hydrogen (secondary N) is 2. The van der Waals surface area contributed by atoms with Crippen molar-refractivity contribution in [3.63, 3.8) is 0 Å². The average molecular weight is 421 g/mol. The van der Waals surface area contributed by atoms with Gasteiger partial charge in [-0.3, -0.25) is 4.79 Å². The summed E-state index contributed by atoms with van der Waals surface area (Å²) in [6.07, 6.45) is 3.02. The van der Waals surface area contributed by atoms with Crippen molar-refractivity contribution in [1.82, 2.24) is 5.32 Å². The molecule has 160 valence electrons. The van der Waals surface area contributed by atoms with Gasteiger partial charge in [0.1, 0.15) is 37.0 Å². The van der Waals surface area contributed by atoms with Crippen LogP contribution in [0.15, 0.2) is 71.2 Å². The zero-order valence-corrected chi connectivity index (χ0v) is 17.3. The van der Waals surface area contributed by atoms with Gasteiger partial charge in [-0.2, -0.15) is 0 Å². The van der Waals surface area contributed by atoms with E-state index in [9.17, 15) is 9.18 Å². The lowest BCUT2D eigenvalue weighted by Gasteiger charge is -2.24. The Kier molecular flexibility index (Phi) is 6.92. The number of carbonyl (C=O) groups is 1. The molecule has 1 aromatic heterocycles. The van der Waals surface area contributed by atoms with Gasteiger partial charge in [0.2, 0.25) is 5.91 Å². The van der Waals surface area contributed by atoms with E-state index in [1.807, 2.05) is 18.2 Å². The first kappa shape index (κ1) is 21.0. The van der Waals surface area contributed by atoms with Crippen LogP contribution in [0.1, 0.15) is 16.9 Å². The number of rotatable bonds is 7. The molecule has 0 spiro atoms. The van der Waals surface area contributed by atoms with E-state index in [1.54, 1.807) is 36.4 Å². The molecule has 1 aliphatic heterocycles. The van der Waals surface area contributed by atoms with Gasteiger partial charge in [0.05, 0.1) is 18.8 Å². The van der Waals surface area contributed by atoms with Gasteiger partial charge in [-0.15, -0.1) is 0 Å². The van der Waals surface area contributed by atoms with Gasteiger partial charge >= 0.3 is 0 Å². The Balaban J connectivity index is 1.34. The molecule has 2 heterocycles. The summed E-state index contributed by atoms with van der Waals surface area (Å²) in [4.78, 5) is 13.8. The fourth-order valence-corrected chi connectivity index (χ4v) is 3.66. The number of furan rings is 1. The average Bonchev–Trinajstić information content (AvgIpc) is 3.27. The maximum Gasteiger partial charge on any atom is 0.244 e. The Morgan fingerprint density at radius 3 is 2.55 bits per heavy atom. The van der Waals surface area contributed by atoms with E-state index in [1.165, 1.54) is 22.6 Å². The number of carbonyl (C=O) groups excluding carboxylic acids is 1. The molecule has 1 aliphatic rings. The first-order valence-corrected chi connectivity index (χ1v) is 10.5. The molecular formula is C25H26FN2O3+. The lowest BCUT2D eigenvalue weighted by Crippen LogP contribution is -3.12. The van der Waals surface area contributed by atoms with Gasteiger partial charge in [0, 0.05) is 18.2 Å². The van der Waals surface area contributed by atoms with Crippen LogP contribution in [0.25, 0.3) is 17.4 Å². The van der Waals surface area contributed by atoms with Crippen molar-refractivity contribution >= 4 is 12.0 Å². The first-order chi connectivity index (χ1) is 15.2. The fourth-order valence-electron chi connectivity index (χ4n) is 3.66. The van der Waals surface area contributed by atoms with Crippen LogP contribution in [0.4, 0.5) is 4.39 Å². The van der Waals surface area contributed by atoms with Crippen LogP contribution in [0.5, 0.6) is 0 Å². The van der Waals surface area contributed by atoms with Crippen LogP contribution in [0.2, 0.25) is 0 Å². The molecule has 31 heavy (non-hydrogen) atoms. The number of hydrogen-bond donors (Lipinski definition) is 2. The summed E-state index contributed by atoms with van der Waals surface area (Å²) in [6, 6.07) is 18.0. The minimum absolute atomic E-state index is 0.211. The van der Waals surface area contributed by atoms with Crippen LogP contribution < -0.4 is 10.2 Å². The molecule has 6 heteroatoms. The molecule has 0 unspecified atom stereocenters. The van der Waals surface area contributed by atoms with Crippen LogP contribution >= 0.6 is 0 Å². The maximum atomic E-state index is 13.9. The van der Waals surface area contributed by atoms with Gasteiger partial charge < -0.3 is 19.4 Å². The number of morpholine rings is 1. The fraction of sp³-hybridized carbons (Fsp3) is 0.240. The second kappa shape index (κ2) is 10.2. The summed E-state index contributed by atoms with van der Waals surface area (Å²) in [5.41, 5.74) is 2.75. The van der Waals surface area contributed by atoms with Gasteiger partial charge in [-0.1, -0.05) is 36.4 Å². The third kappa shape index (κ3) is 5.69. The van der Waals surface area contributed by atoms with Gasteiger partial charge in [0.25, 0.3) is 0 Å². The number of benzene rings is 2. The third-order valence-electron chi connectivity index (χ3n) is 5.38. The van der Waals surface area contributed by atoms with Crippen LogP contribution in [-0.2, 0) is 22.6 Å². The van der Waals surface area contributed by atoms with Crippen LogP contribution in [0, 0.1) is 5.82 Å². The third-order valence-corrected chi connectivity index (χ3v) is 5.38. The lowest BCUT2D eigenvalue weighted by atomic mass is 10.1. The molecule has 1 fully saturated rings. The quantitative estimate of drug-likeness (QED) is 0.577. The topological polar surface area (TPSA) is 55.9 Å². The Morgan fingerprint density at radius 1 is 1.00 bits per heavy atom. The zero-order valence-electron chi connectivity index (χ0n) is 17.3. The van der Waals surface area contributed by atoms with E-state index in [0.717, 1.165) is 38.4 Å². The van der Waals surface area contributed by atoms with E-state index >= 15 is 0 Å². The summed E-state index contributed by atoms with van der Waals surface area (Å²) in [5.74, 6) is 0.363. The highest BCUT2D eigenvalue weighted by Crippen LogP contribution is 2.25. The predicted octanol–water partition coefficient (Wildman–Crippen LogP) is 2.83. The highest BCUT2D eigenvalue weighted by atomic mass is 19.1. The van der Waals surface area contributed by atoms with Crippen molar-refractivity contribution in [2.75, 3.05) is 26.3 Å². The Bertz CT molecular complexity index is 1050. The van der Waals surface area contributed by atoms with Crippen LogP contribution in [0.3, 0.4) is 0 Å². The Labute approximate surface area is 181 Å². The smallest absolute Gasteiger partial charge is 0.244 e. The molecule has 2 aromatic carbocycles. The highest BCUT2D eigenvalue weighted by molar-refractivity contribution is 5.91. The van der Waals surface area contributed by atoms with Gasteiger partial charge in [0.15, 0.2) is 0 Å². The highest BCUT2D eigenvalue weighted by Gasteiger charge is 2.16. The van der Waals surface area contributed by atoms with E-state index in [4.69, 9.17) is 9.15 Å². The number of quaternary nitrogens is 1. The SMILES string of the molecule is O=C(/C=C/c1ccc(-c2ccccc2F)o1)NCc1ccccc1C[NH+]1CCOCC1. The lowest BCUT2D eigenvalue weighted by molar-refractivity contribution is -0.921. The van der Waals surface area contributed by atoms with Gasteiger partial charge in [-0.05, 0) is 35.9 Å².